The molecular weight excluding hydrogens is 771 g/mol. The Bertz CT molecular complexity index is 3890. The Morgan fingerprint density at radius 2 is 1.09 bits per heavy atom. The molecule has 0 radical (unpaired) electrons. The van der Waals surface area contributed by atoms with Crippen LogP contribution >= 0.6 is 0 Å². The van der Waals surface area contributed by atoms with Crippen LogP contribution in [0.1, 0.15) is 58.4 Å². The molecule has 4 aliphatic rings. The zero-order valence-corrected chi connectivity index (χ0v) is 36.5. The Morgan fingerprint density at radius 3 is 1.80 bits per heavy atom. The standard InChI is InChI=1S/C61H43BN2/c1-5-36-29-44-45-30-37(6-2)32-50-58(45)64-57(44)49(31-36)61(46-17-11-9-15-42(46)43-16-10-12-18-47(43)61)48-27-28-52-55(59(48)64)62(50)51-33-40-13-7-8-14-41(40)54-53(38-23-19-34(3)20-24-38)56(63(52)60(51)54)39-25-21-35(4)22-26-39/h7-33H,5-6H2,1-4H3. The second-order valence-corrected chi connectivity index (χ2v) is 19.0. The van der Waals surface area contributed by atoms with Crippen LogP contribution in [0.25, 0.3) is 88.4 Å². The summed E-state index contributed by atoms with van der Waals surface area (Å²) in [6.07, 6.45) is 1.95. The third-order valence-electron chi connectivity index (χ3n) is 15.9. The number of hydrogen-bond donors (Lipinski definition) is 0. The smallest absolute Gasteiger partial charge is 0.252 e. The molecule has 15 rings (SSSR count). The Kier molecular flexibility index (Phi) is 6.59. The van der Waals surface area contributed by atoms with E-state index in [4.69, 9.17) is 0 Å². The van der Waals surface area contributed by atoms with Gasteiger partial charge in [-0.25, -0.2) is 0 Å². The highest BCUT2D eigenvalue weighted by Crippen LogP contribution is 2.62. The Hall–Kier alpha value is -7.36. The van der Waals surface area contributed by atoms with Crippen LogP contribution < -0.4 is 16.4 Å². The van der Waals surface area contributed by atoms with Gasteiger partial charge in [-0.2, -0.15) is 0 Å². The summed E-state index contributed by atoms with van der Waals surface area (Å²) >= 11 is 0. The summed E-state index contributed by atoms with van der Waals surface area (Å²) in [6.45, 7) is 9.08. The summed E-state index contributed by atoms with van der Waals surface area (Å²) in [4.78, 5) is 0. The van der Waals surface area contributed by atoms with Crippen molar-refractivity contribution in [3.63, 3.8) is 0 Å². The van der Waals surface area contributed by atoms with Gasteiger partial charge in [0.05, 0.1) is 22.1 Å². The summed E-state index contributed by atoms with van der Waals surface area (Å²) in [5.41, 5.74) is 29.2. The first-order chi connectivity index (χ1) is 31.5. The highest BCUT2D eigenvalue weighted by Gasteiger charge is 2.54. The van der Waals surface area contributed by atoms with Crippen LogP contribution in [0.2, 0.25) is 0 Å². The molecule has 11 aromatic rings. The zero-order valence-electron chi connectivity index (χ0n) is 36.5. The molecule has 0 fully saturated rings. The lowest BCUT2D eigenvalue weighted by Gasteiger charge is -2.44. The van der Waals surface area contributed by atoms with E-state index >= 15 is 0 Å². The van der Waals surface area contributed by atoms with Crippen molar-refractivity contribution in [3.8, 4) is 44.9 Å². The lowest BCUT2D eigenvalue weighted by Crippen LogP contribution is -2.60. The molecule has 3 aliphatic heterocycles. The monoisotopic (exact) mass is 814 g/mol. The van der Waals surface area contributed by atoms with E-state index in [2.05, 4.69) is 201 Å². The van der Waals surface area contributed by atoms with Crippen LogP contribution in [0.15, 0.2) is 164 Å². The molecule has 0 amide bonds. The van der Waals surface area contributed by atoms with Gasteiger partial charge in [0.25, 0.3) is 6.71 Å². The van der Waals surface area contributed by atoms with Crippen LogP contribution in [0.5, 0.6) is 0 Å². The third kappa shape index (κ3) is 3.99. The SMILES string of the molecule is CCc1cc2c3c(c1)c1cc(CC)cc4c1n3-c1c(ccc3c1B2c1cc2ccccc2c2c(-c5ccc(C)cc5)c(-c5ccc(C)cc5)n-3c12)C41c2ccccc2-c2ccccc21. The maximum absolute atomic E-state index is 2.76. The van der Waals surface area contributed by atoms with Gasteiger partial charge in [-0.3, -0.25) is 0 Å². The van der Waals surface area contributed by atoms with E-state index in [0.717, 1.165) is 12.8 Å². The van der Waals surface area contributed by atoms with E-state index < -0.39 is 5.41 Å². The number of aromatic nitrogens is 2. The second kappa shape index (κ2) is 12.0. The third-order valence-corrected chi connectivity index (χ3v) is 15.9. The molecule has 64 heavy (non-hydrogen) atoms. The molecule has 0 unspecified atom stereocenters. The normalized spacial score (nSPS) is 14.2. The lowest BCUT2D eigenvalue weighted by atomic mass is 9.33. The lowest BCUT2D eigenvalue weighted by molar-refractivity contribution is 0.747. The van der Waals surface area contributed by atoms with E-state index in [0.29, 0.717) is 0 Å². The molecule has 0 bridgehead atoms. The molecule has 300 valence electrons. The quantitative estimate of drug-likeness (QED) is 0.157. The van der Waals surface area contributed by atoms with Gasteiger partial charge in [0.1, 0.15) is 0 Å². The molecule has 0 atom stereocenters. The van der Waals surface area contributed by atoms with Crippen molar-refractivity contribution in [1.29, 1.82) is 0 Å². The van der Waals surface area contributed by atoms with Gasteiger partial charge < -0.3 is 9.13 Å². The maximum atomic E-state index is 2.76. The van der Waals surface area contributed by atoms with Crippen molar-refractivity contribution in [1.82, 2.24) is 9.13 Å². The van der Waals surface area contributed by atoms with Gasteiger partial charge in [0.15, 0.2) is 0 Å². The largest absolute Gasteiger partial charge is 0.310 e. The van der Waals surface area contributed by atoms with E-state index in [1.54, 1.807) is 0 Å². The molecule has 9 aromatic carbocycles. The van der Waals surface area contributed by atoms with Crippen molar-refractivity contribution < 1.29 is 0 Å². The van der Waals surface area contributed by atoms with Gasteiger partial charge in [0.2, 0.25) is 0 Å². The van der Waals surface area contributed by atoms with E-state index in [9.17, 15) is 0 Å². The topological polar surface area (TPSA) is 9.86 Å². The van der Waals surface area contributed by atoms with Crippen LogP contribution in [0.3, 0.4) is 0 Å². The molecule has 0 saturated heterocycles. The van der Waals surface area contributed by atoms with Gasteiger partial charge in [-0.1, -0.05) is 171 Å². The number of fused-ring (bicyclic) bond motifs is 13. The molecule has 0 N–H and O–H groups in total. The van der Waals surface area contributed by atoms with Crippen molar-refractivity contribution in [2.24, 2.45) is 0 Å². The second-order valence-electron chi connectivity index (χ2n) is 19.0. The molecular formula is C61H43BN2. The van der Waals surface area contributed by atoms with E-state index in [1.165, 1.54) is 149 Å². The minimum atomic E-state index is -0.497. The molecule has 0 saturated carbocycles. The maximum Gasteiger partial charge on any atom is 0.252 e. The number of nitrogens with zero attached hydrogens (tertiary/aromatic N) is 2. The molecule has 1 aliphatic carbocycles. The molecule has 3 heteroatoms. The first-order valence-electron chi connectivity index (χ1n) is 23.3. The Morgan fingerprint density at radius 1 is 0.484 bits per heavy atom. The minimum Gasteiger partial charge on any atom is -0.310 e. The van der Waals surface area contributed by atoms with Crippen LogP contribution in [0, 0.1) is 13.8 Å². The Labute approximate surface area is 373 Å². The van der Waals surface area contributed by atoms with E-state index in [-0.39, 0.29) is 6.71 Å². The van der Waals surface area contributed by atoms with Crippen molar-refractivity contribution >= 4 is 66.6 Å². The number of rotatable bonds is 4. The van der Waals surface area contributed by atoms with Crippen molar-refractivity contribution in [2.45, 2.75) is 46.0 Å². The van der Waals surface area contributed by atoms with Crippen LogP contribution in [-0.4, -0.2) is 15.8 Å². The summed E-state index contributed by atoms with van der Waals surface area (Å²) in [5, 5.41) is 6.71. The van der Waals surface area contributed by atoms with Gasteiger partial charge in [-0.05, 0) is 128 Å². The summed E-state index contributed by atoms with van der Waals surface area (Å²) in [7, 11) is 0. The minimum absolute atomic E-state index is 0.0261. The number of hydrogen-bond acceptors (Lipinski definition) is 0. The molecule has 2 nitrogen and oxygen atoms in total. The summed E-state index contributed by atoms with van der Waals surface area (Å²) in [6, 6.07) is 64.2. The number of benzene rings is 9. The molecule has 1 spiro atoms. The van der Waals surface area contributed by atoms with Gasteiger partial charge >= 0.3 is 0 Å². The fraction of sp³-hybridized carbons (Fsp3) is 0.115. The fourth-order valence-electron chi connectivity index (χ4n) is 13.3. The summed E-state index contributed by atoms with van der Waals surface area (Å²) in [5.74, 6) is 0. The van der Waals surface area contributed by atoms with Gasteiger partial charge in [0, 0.05) is 38.6 Å². The summed E-state index contributed by atoms with van der Waals surface area (Å²) < 4.78 is 5.46. The fourth-order valence-corrected chi connectivity index (χ4v) is 13.3. The highest BCUT2D eigenvalue weighted by molar-refractivity contribution is 7.00. The van der Waals surface area contributed by atoms with Crippen molar-refractivity contribution in [3.05, 3.63) is 208 Å². The van der Waals surface area contributed by atoms with Crippen LogP contribution in [0.4, 0.5) is 0 Å². The first-order valence-corrected chi connectivity index (χ1v) is 23.3. The van der Waals surface area contributed by atoms with Crippen molar-refractivity contribution in [2.75, 3.05) is 0 Å². The number of aryl methyl sites for hydroxylation is 4. The molecule has 2 aromatic heterocycles. The zero-order chi connectivity index (χ0) is 42.3. The predicted octanol–water partition coefficient (Wildman–Crippen LogP) is 12.8. The predicted molar refractivity (Wildman–Crippen MR) is 270 cm³/mol. The highest BCUT2D eigenvalue weighted by atomic mass is 15.1. The first kappa shape index (κ1) is 35.1. The van der Waals surface area contributed by atoms with Gasteiger partial charge in [-0.15, -0.1) is 0 Å². The Balaban J connectivity index is 1.22. The average Bonchev–Trinajstić information content (AvgIpc) is 3.97. The van der Waals surface area contributed by atoms with E-state index in [1.807, 2.05) is 0 Å². The molecule has 5 heterocycles. The average molecular weight is 815 g/mol. The van der Waals surface area contributed by atoms with Crippen LogP contribution in [-0.2, 0) is 18.3 Å².